The molecule has 1 aromatic carbocycles. The Bertz CT molecular complexity index is 550. The van der Waals surface area contributed by atoms with Crippen LogP contribution in [-0.4, -0.2) is 23.2 Å². The van der Waals surface area contributed by atoms with Gasteiger partial charge in [0.2, 0.25) is 0 Å². The van der Waals surface area contributed by atoms with Crippen LogP contribution in [0, 0.1) is 0 Å². The fraction of sp³-hybridized carbons (Fsp3) is 0.214. The topological polar surface area (TPSA) is 36.4 Å². The van der Waals surface area contributed by atoms with Gasteiger partial charge >= 0.3 is 0 Å². The van der Waals surface area contributed by atoms with Crippen molar-refractivity contribution in [2.75, 3.05) is 18.1 Å². The van der Waals surface area contributed by atoms with Gasteiger partial charge in [0.1, 0.15) is 10.4 Å². The lowest BCUT2D eigenvalue weighted by molar-refractivity contribution is 0.301. The molecule has 0 atom stereocenters. The minimum atomic E-state index is 0.0681. The third kappa shape index (κ3) is 3.93. The standard InChI is InChI=1S/C14H14BrClN2O/c15-13-6-3-7-14(17-13)18(8-9-19)10-11-4-1-2-5-12(11)16/h1-7,19H,8-10H2. The quantitative estimate of drug-likeness (QED) is 0.846. The van der Waals surface area contributed by atoms with Crippen molar-refractivity contribution in [3.63, 3.8) is 0 Å². The zero-order valence-electron chi connectivity index (χ0n) is 10.3. The van der Waals surface area contributed by atoms with E-state index < -0.39 is 0 Å². The van der Waals surface area contributed by atoms with Crippen LogP contribution in [0.25, 0.3) is 0 Å². The fourth-order valence-corrected chi connectivity index (χ4v) is 2.33. The van der Waals surface area contributed by atoms with Crippen LogP contribution in [0.5, 0.6) is 0 Å². The molecule has 19 heavy (non-hydrogen) atoms. The molecule has 1 aromatic heterocycles. The van der Waals surface area contributed by atoms with Crippen LogP contribution in [0.1, 0.15) is 5.56 Å². The molecule has 0 saturated carbocycles. The highest BCUT2D eigenvalue weighted by molar-refractivity contribution is 9.10. The maximum Gasteiger partial charge on any atom is 0.130 e. The van der Waals surface area contributed by atoms with Crippen LogP contribution in [0.15, 0.2) is 47.1 Å². The summed E-state index contributed by atoms with van der Waals surface area (Å²) < 4.78 is 0.770. The van der Waals surface area contributed by atoms with Gasteiger partial charge in [0.15, 0.2) is 0 Å². The number of benzene rings is 1. The minimum Gasteiger partial charge on any atom is -0.395 e. The largest absolute Gasteiger partial charge is 0.395 e. The molecule has 5 heteroatoms. The van der Waals surface area contributed by atoms with Gasteiger partial charge in [0.25, 0.3) is 0 Å². The SMILES string of the molecule is OCCN(Cc1ccccc1Cl)c1cccc(Br)n1. The van der Waals surface area contributed by atoms with Crippen molar-refractivity contribution in [3.05, 3.63) is 57.7 Å². The van der Waals surface area contributed by atoms with E-state index in [1.54, 1.807) is 0 Å². The van der Waals surface area contributed by atoms with E-state index in [1.165, 1.54) is 0 Å². The average Bonchev–Trinajstić information content (AvgIpc) is 2.40. The first-order chi connectivity index (χ1) is 9.20. The molecule has 0 aliphatic carbocycles. The van der Waals surface area contributed by atoms with E-state index in [4.69, 9.17) is 11.6 Å². The van der Waals surface area contributed by atoms with Crippen LogP contribution in [-0.2, 0) is 6.54 Å². The van der Waals surface area contributed by atoms with E-state index in [2.05, 4.69) is 20.9 Å². The maximum atomic E-state index is 9.20. The fourth-order valence-electron chi connectivity index (χ4n) is 1.80. The summed E-state index contributed by atoms with van der Waals surface area (Å²) in [6.45, 7) is 1.19. The maximum absolute atomic E-state index is 9.20. The second-order valence-electron chi connectivity index (χ2n) is 4.06. The molecule has 0 aliphatic rings. The van der Waals surface area contributed by atoms with Crippen molar-refractivity contribution in [2.45, 2.75) is 6.54 Å². The molecule has 1 N–H and O–H groups in total. The molecule has 0 aliphatic heterocycles. The Morgan fingerprint density at radius 1 is 1.16 bits per heavy atom. The Hall–Kier alpha value is -1.10. The molecular weight excluding hydrogens is 328 g/mol. The number of rotatable bonds is 5. The van der Waals surface area contributed by atoms with E-state index in [0.29, 0.717) is 13.1 Å². The Labute approximate surface area is 126 Å². The molecule has 1 heterocycles. The lowest BCUT2D eigenvalue weighted by Crippen LogP contribution is -2.27. The summed E-state index contributed by atoms with van der Waals surface area (Å²) in [4.78, 5) is 6.40. The third-order valence-corrected chi connectivity index (χ3v) is 3.52. The normalized spacial score (nSPS) is 10.5. The van der Waals surface area contributed by atoms with Crippen molar-refractivity contribution in [1.82, 2.24) is 4.98 Å². The Kier molecular flexibility index (Phi) is 5.19. The summed E-state index contributed by atoms with van der Waals surface area (Å²) in [6, 6.07) is 13.4. The number of anilines is 1. The summed E-state index contributed by atoms with van der Waals surface area (Å²) in [5.41, 5.74) is 1.01. The van der Waals surface area contributed by atoms with E-state index in [-0.39, 0.29) is 6.61 Å². The lowest BCUT2D eigenvalue weighted by Gasteiger charge is -2.23. The number of aliphatic hydroxyl groups is 1. The molecule has 100 valence electrons. The van der Waals surface area contributed by atoms with E-state index in [0.717, 1.165) is 21.0 Å². The van der Waals surface area contributed by atoms with Gasteiger partial charge < -0.3 is 10.0 Å². The number of aromatic nitrogens is 1. The number of hydrogen-bond donors (Lipinski definition) is 1. The van der Waals surface area contributed by atoms with Gasteiger partial charge in [0.05, 0.1) is 6.61 Å². The monoisotopic (exact) mass is 340 g/mol. The summed E-state index contributed by atoms with van der Waals surface area (Å²) in [6.07, 6.45) is 0. The van der Waals surface area contributed by atoms with Gasteiger partial charge in [0, 0.05) is 18.1 Å². The highest BCUT2D eigenvalue weighted by Crippen LogP contribution is 2.21. The van der Waals surface area contributed by atoms with Crippen molar-refractivity contribution in [2.24, 2.45) is 0 Å². The highest BCUT2D eigenvalue weighted by Gasteiger charge is 2.10. The van der Waals surface area contributed by atoms with E-state index >= 15 is 0 Å². The Morgan fingerprint density at radius 2 is 1.95 bits per heavy atom. The van der Waals surface area contributed by atoms with Gasteiger partial charge in [-0.25, -0.2) is 4.98 Å². The van der Waals surface area contributed by atoms with Gasteiger partial charge in [-0.3, -0.25) is 0 Å². The molecule has 0 radical (unpaired) electrons. The van der Waals surface area contributed by atoms with E-state index in [9.17, 15) is 5.11 Å². The zero-order valence-corrected chi connectivity index (χ0v) is 12.6. The van der Waals surface area contributed by atoms with Crippen molar-refractivity contribution in [3.8, 4) is 0 Å². The zero-order chi connectivity index (χ0) is 13.7. The summed E-state index contributed by atoms with van der Waals surface area (Å²) in [5, 5.41) is 9.92. The Balaban J connectivity index is 2.24. The summed E-state index contributed by atoms with van der Waals surface area (Å²) >= 11 is 9.52. The summed E-state index contributed by atoms with van der Waals surface area (Å²) in [5.74, 6) is 0.809. The summed E-state index contributed by atoms with van der Waals surface area (Å²) in [7, 11) is 0. The predicted molar refractivity (Wildman–Crippen MR) is 81.5 cm³/mol. The molecular formula is C14H14BrClN2O. The second-order valence-corrected chi connectivity index (χ2v) is 5.27. The molecule has 0 amide bonds. The first-order valence-corrected chi connectivity index (χ1v) is 7.09. The molecule has 0 saturated heterocycles. The van der Waals surface area contributed by atoms with Crippen LogP contribution in [0.2, 0.25) is 5.02 Å². The van der Waals surface area contributed by atoms with Gasteiger partial charge in [-0.1, -0.05) is 35.9 Å². The first-order valence-electron chi connectivity index (χ1n) is 5.92. The minimum absolute atomic E-state index is 0.0681. The average molecular weight is 342 g/mol. The van der Waals surface area contributed by atoms with Crippen LogP contribution in [0.4, 0.5) is 5.82 Å². The Morgan fingerprint density at radius 3 is 2.63 bits per heavy atom. The molecule has 2 rings (SSSR count). The van der Waals surface area contributed by atoms with Gasteiger partial charge in [-0.2, -0.15) is 0 Å². The molecule has 0 fully saturated rings. The number of pyridine rings is 1. The predicted octanol–water partition coefficient (Wildman–Crippen LogP) is 3.50. The van der Waals surface area contributed by atoms with Crippen molar-refractivity contribution >= 4 is 33.3 Å². The molecule has 2 aromatic rings. The van der Waals surface area contributed by atoms with Crippen LogP contribution < -0.4 is 4.90 Å². The first kappa shape index (κ1) is 14.3. The number of hydrogen-bond acceptors (Lipinski definition) is 3. The molecule has 0 bridgehead atoms. The van der Waals surface area contributed by atoms with Crippen LogP contribution in [0.3, 0.4) is 0 Å². The van der Waals surface area contributed by atoms with Crippen LogP contribution >= 0.6 is 27.5 Å². The third-order valence-electron chi connectivity index (χ3n) is 2.71. The number of halogens is 2. The molecule has 0 unspecified atom stereocenters. The lowest BCUT2D eigenvalue weighted by atomic mass is 10.2. The number of nitrogens with zero attached hydrogens (tertiary/aromatic N) is 2. The smallest absolute Gasteiger partial charge is 0.130 e. The highest BCUT2D eigenvalue weighted by atomic mass is 79.9. The molecule has 0 spiro atoms. The van der Waals surface area contributed by atoms with Gasteiger partial charge in [-0.15, -0.1) is 0 Å². The van der Waals surface area contributed by atoms with Crippen molar-refractivity contribution in [1.29, 1.82) is 0 Å². The van der Waals surface area contributed by atoms with Gasteiger partial charge in [-0.05, 0) is 39.7 Å². The second kappa shape index (κ2) is 6.89. The number of aliphatic hydroxyl groups excluding tert-OH is 1. The van der Waals surface area contributed by atoms with Crippen molar-refractivity contribution < 1.29 is 5.11 Å². The molecule has 3 nitrogen and oxygen atoms in total. The van der Waals surface area contributed by atoms with E-state index in [1.807, 2.05) is 47.4 Å².